The second kappa shape index (κ2) is 12.3. The summed E-state index contributed by atoms with van der Waals surface area (Å²) in [5.74, 6) is 0. The Morgan fingerprint density at radius 2 is 1.35 bits per heavy atom. The van der Waals surface area contributed by atoms with E-state index in [0.717, 1.165) is 44.0 Å². The van der Waals surface area contributed by atoms with Gasteiger partial charge in [0.2, 0.25) is 0 Å². The number of pyridine rings is 2. The first kappa shape index (κ1) is 19.9. The molecule has 0 spiro atoms. The predicted octanol–water partition coefficient (Wildman–Crippen LogP) is 3.00. The molecule has 0 saturated carbocycles. The summed E-state index contributed by atoms with van der Waals surface area (Å²) in [5.41, 5.74) is 7.77. The van der Waals surface area contributed by atoms with Crippen molar-refractivity contribution < 1.29 is 20.4 Å². The van der Waals surface area contributed by atoms with Crippen LogP contribution in [0.1, 0.15) is 37.1 Å². The maximum Gasteiger partial charge on any atom is 0.0544 e. The van der Waals surface area contributed by atoms with Crippen molar-refractivity contribution in [3.63, 3.8) is 0 Å². The zero-order valence-electron chi connectivity index (χ0n) is 13.6. The summed E-state index contributed by atoms with van der Waals surface area (Å²) >= 11 is 0. The van der Waals surface area contributed by atoms with Crippen molar-refractivity contribution in [1.82, 2.24) is 14.9 Å². The molecule has 0 atom stereocenters. The number of aromatic nitrogens is 2. The molecule has 0 saturated heterocycles. The van der Waals surface area contributed by atoms with Crippen LogP contribution in [0.25, 0.3) is 0 Å². The Hall–Kier alpha value is -1.12. The monoisotopic (exact) mass is 485 g/mol. The van der Waals surface area contributed by atoms with E-state index in [2.05, 4.69) is 27.0 Å². The molecule has 0 unspecified atom stereocenters. The van der Waals surface area contributed by atoms with E-state index in [1.54, 1.807) is 0 Å². The molecule has 0 aromatic carbocycles. The average molecular weight is 485 g/mol. The molecule has 23 heavy (non-hydrogen) atoms. The fourth-order valence-corrected chi connectivity index (χ4v) is 2.49. The van der Waals surface area contributed by atoms with E-state index in [0.29, 0.717) is 0 Å². The second-order valence-corrected chi connectivity index (χ2v) is 5.56. The van der Waals surface area contributed by atoms with E-state index in [1.165, 1.54) is 19.3 Å². The van der Waals surface area contributed by atoms with Gasteiger partial charge in [0, 0.05) is 45.9 Å². The number of hydrogen-bond acceptors (Lipinski definition) is 4. The van der Waals surface area contributed by atoms with Crippen LogP contribution in [-0.2, 0) is 33.5 Å². The first-order valence-electron chi connectivity index (χ1n) is 8.11. The molecular formula is C18H26N4Re. The topological polar surface area (TPSA) is 55.0 Å². The van der Waals surface area contributed by atoms with Crippen molar-refractivity contribution in [3.8, 4) is 0 Å². The van der Waals surface area contributed by atoms with E-state index >= 15 is 0 Å². The van der Waals surface area contributed by atoms with Gasteiger partial charge < -0.3 is 5.73 Å². The van der Waals surface area contributed by atoms with Gasteiger partial charge in [0.25, 0.3) is 0 Å². The number of unbranched alkanes of at least 4 members (excludes halogenated alkanes) is 3. The molecule has 0 aliphatic rings. The molecule has 0 aliphatic heterocycles. The zero-order valence-corrected chi connectivity index (χ0v) is 16.3. The summed E-state index contributed by atoms with van der Waals surface area (Å²) in [7, 11) is 0. The summed E-state index contributed by atoms with van der Waals surface area (Å²) in [4.78, 5) is 11.3. The van der Waals surface area contributed by atoms with E-state index in [9.17, 15) is 0 Å². The molecule has 125 valence electrons. The summed E-state index contributed by atoms with van der Waals surface area (Å²) in [6.07, 6.45) is 8.49. The third-order valence-electron chi connectivity index (χ3n) is 3.65. The maximum absolute atomic E-state index is 5.55. The molecule has 0 aliphatic carbocycles. The van der Waals surface area contributed by atoms with Crippen LogP contribution in [0.4, 0.5) is 0 Å². The Kier molecular flexibility index (Phi) is 10.7. The smallest absolute Gasteiger partial charge is 0.0544 e. The second-order valence-electron chi connectivity index (χ2n) is 5.56. The molecule has 2 heterocycles. The Morgan fingerprint density at radius 3 is 1.83 bits per heavy atom. The molecule has 5 heteroatoms. The summed E-state index contributed by atoms with van der Waals surface area (Å²) in [6.45, 7) is 3.60. The van der Waals surface area contributed by atoms with Crippen LogP contribution in [0.5, 0.6) is 0 Å². The fraction of sp³-hybridized carbons (Fsp3) is 0.444. The molecule has 0 bridgehead atoms. The first-order chi connectivity index (χ1) is 10.9. The predicted molar refractivity (Wildman–Crippen MR) is 90.1 cm³/mol. The van der Waals surface area contributed by atoms with Crippen LogP contribution < -0.4 is 5.73 Å². The summed E-state index contributed by atoms with van der Waals surface area (Å²) in [5, 5.41) is 0. The van der Waals surface area contributed by atoms with Crippen molar-refractivity contribution >= 4 is 0 Å². The molecule has 2 aromatic rings. The normalized spacial score (nSPS) is 10.5. The van der Waals surface area contributed by atoms with E-state index in [1.807, 2.05) is 36.7 Å². The van der Waals surface area contributed by atoms with Gasteiger partial charge in [-0.3, -0.25) is 14.9 Å². The standard InChI is InChI=1S/C18H26N4.Re/c19-11-5-1-2-8-14-22(15-17-9-3-6-12-20-17)16-18-10-4-7-13-21-18;/h3-4,6-7,9-10,12-13H,1-2,5,8,11,14-16,19H2;. The van der Waals surface area contributed by atoms with E-state index in [-0.39, 0.29) is 20.4 Å². The van der Waals surface area contributed by atoms with Crippen molar-refractivity contribution in [2.45, 2.75) is 38.8 Å². The SMILES string of the molecule is NCCCCCCN(Cc1ccccn1)Cc1ccccn1.[Re]. The Bertz CT molecular complexity index is 465. The number of hydrogen-bond donors (Lipinski definition) is 1. The van der Waals surface area contributed by atoms with Crippen molar-refractivity contribution in [1.29, 1.82) is 0 Å². The largest absolute Gasteiger partial charge is 0.330 e. The fourth-order valence-electron chi connectivity index (χ4n) is 2.49. The third kappa shape index (κ3) is 8.34. The van der Waals surface area contributed by atoms with E-state index in [4.69, 9.17) is 5.73 Å². The molecule has 4 nitrogen and oxygen atoms in total. The number of rotatable bonds is 10. The van der Waals surface area contributed by atoms with Crippen LogP contribution >= 0.6 is 0 Å². The minimum Gasteiger partial charge on any atom is -0.330 e. The van der Waals surface area contributed by atoms with Crippen LogP contribution in [0.2, 0.25) is 0 Å². The molecule has 0 fully saturated rings. The molecule has 0 amide bonds. The van der Waals surface area contributed by atoms with Gasteiger partial charge in [-0.2, -0.15) is 0 Å². The Balaban J connectivity index is 0.00000264. The molecule has 1 radical (unpaired) electrons. The number of nitrogens with two attached hydrogens (primary N) is 1. The third-order valence-corrected chi connectivity index (χ3v) is 3.65. The summed E-state index contributed by atoms with van der Waals surface area (Å²) < 4.78 is 0. The van der Waals surface area contributed by atoms with Gasteiger partial charge in [-0.05, 0) is 50.2 Å². The number of nitrogens with zero attached hydrogens (tertiary/aromatic N) is 3. The Morgan fingerprint density at radius 1 is 0.783 bits per heavy atom. The van der Waals surface area contributed by atoms with Gasteiger partial charge in [-0.1, -0.05) is 25.0 Å². The average Bonchev–Trinajstić information content (AvgIpc) is 2.56. The quantitative estimate of drug-likeness (QED) is 0.527. The van der Waals surface area contributed by atoms with Gasteiger partial charge in [0.1, 0.15) is 0 Å². The van der Waals surface area contributed by atoms with Crippen molar-refractivity contribution in [3.05, 3.63) is 60.2 Å². The van der Waals surface area contributed by atoms with Gasteiger partial charge in [0.05, 0.1) is 11.4 Å². The van der Waals surface area contributed by atoms with Crippen LogP contribution in [0.15, 0.2) is 48.8 Å². The van der Waals surface area contributed by atoms with Gasteiger partial charge in [0.15, 0.2) is 0 Å². The van der Waals surface area contributed by atoms with Crippen LogP contribution in [-0.4, -0.2) is 28.0 Å². The zero-order chi connectivity index (χ0) is 15.5. The molecule has 2 rings (SSSR count). The first-order valence-corrected chi connectivity index (χ1v) is 8.11. The van der Waals surface area contributed by atoms with Crippen LogP contribution in [0, 0.1) is 0 Å². The van der Waals surface area contributed by atoms with Crippen molar-refractivity contribution in [2.24, 2.45) is 5.73 Å². The van der Waals surface area contributed by atoms with Gasteiger partial charge >= 0.3 is 0 Å². The van der Waals surface area contributed by atoms with Crippen molar-refractivity contribution in [2.75, 3.05) is 13.1 Å². The maximum atomic E-state index is 5.55. The van der Waals surface area contributed by atoms with E-state index < -0.39 is 0 Å². The minimum atomic E-state index is 0. The molecular weight excluding hydrogens is 458 g/mol. The van der Waals surface area contributed by atoms with Gasteiger partial charge in [-0.15, -0.1) is 0 Å². The molecule has 2 N–H and O–H groups in total. The minimum absolute atomic E-state index is 0. The molecule has 2 aromatic heterocycles. The summed E-state index contributed by atoms with van der Waals surface area (Å²) in [6, 6.07) is 12.2. The van der Waals surface area contributed by atoms with Crippen LogP contribution in [0.3, 0.4) is 0 Å². The Labute approximate surface area is 153 Å². The van der Waals surface area contributed by atoms with Gasteiger partial charge in [-0.25, -0.2) is 0 Å².